The summed E-state index contributed by atoms with van der Waals surface area (Å²) in [7, 11) is 2.65. The highest BCUT2D eigenvalue weighted by molar-refractivity contribution is 5.86. The van der Waals surface area contributed by atoms with Gasteiger partial charge in [0.25, 0.3) is 0 Å². The van der Waals surface area contributed by atoms with Gasteiger partial charge in [0.05, 0.1) is 14.2 Å². The van der Waals surface area contributed by atoms with Crippen LogP contribution in [0.4, 0.5) is 0 Å². The Balaban J connectivity index is 4.03. The third kappa shape index (κ3) is 3.75. The van der Waals surface area contributed by atoms with Gasteiger partial charge in [0.2, 0.25) is 0 Å². The molecule has 0 saturated heterocycles. The molecule has 0 rings (SSSR count). The number of hydrogen-bond donors (Lipinski definition) is 0. The van der Waals surface area contributed by atoms with Gasteiger partial charge in [0.1, 0.15) is 6.29 Å². The minimum absolute atomic E-state index is 0.138. The first-order valence-corrected chi connectivity index (χ1v) is 3.52. The summed E-state index contributed by atoms with van der Waals surface area (Å²) in [6.45, 7) is 0. The molecule has 0 heterocycles. The Morgan fingerprint density at radius 1 is 1.25 bits per heavy atom. The predicted octanol–water partition coefficient (Wildman–Crippen LogP) is 0.669. The van der Waals surface area contributed by atoms with E-state index in [1.807, 2.05) is 0 Å². The Morgan fingerprint density at radius 3 is 2.33 bits per heavy atom. The van der Waals surface area contributed by atoms with Crippen LogP contribution in [0.5, 0.6) is 0 Å². The Labute approximate surface area is 71.2 Å². The fraction of sp³-hybridized carbons (Fsp3) is 0.500. The molecule has 0 aromatic rings. The maximum absolute atomic E-state index is 10.8. The first-order chi connectivity index (χ1) is 5.76. The summed E-state index contributed by atoms with van der Waals surface area (Å²) in [6.07, 6.45) is 3.17. The van der Waals surface area contributed by atoms with Gasteiger partial charge < -0.3 is 14.3 Å². The molecule has 12 heavy (non-hydrogen) atoms. The summed E-state index contributed by atoms with van der Waals surface area (Å²) in [5.41, 5.74) is 0. The molecule has 0 spiro atoms. The molecule has 0 aromatic carbocycles. The summed E-state index contributed by atoms with van der Waals surface area (Å²) in [4.78, 5) is 20.8. The van der Waals surface area contributed by atoms with Crippen LogP contribution in [-0.2, 0) is 19.1 Å². The van der Waals surface area contributed by atoms with Crippen LogP contribution in [0, 0.1) is 0 Å². The van der Waals surface area contributed by atoms with Crippen LogP contribution in [0.15, 0.2) is 11.8 Å². The monoisotopic (exact) mass is 172 g/mol. The fourth-order valence-electron chi connectivity index (χ4n) is 0.633. The zero-order valence-electron chi connectivity index (χ0n) is 7.20. The summed E-state index contributed by atoms with van der Waals surface area (Å²) < 4.78 is 9.13. The van der Waals surface area contributed by atoms with E-state index in [4.69, 9.17) is 4.74 Å². The van der Waals surface area contributed by atoms with E-state index < -0.39 is 5.97 Å². The molecule has 0 aliphatic rings. The van der Waals surface area contributed by atoms with Crippen LogP contribution in [0.2, 0.25) is 0 Å². The van der Waals surface area contributed by atoms with Crippen LogP contribution in [-0.4, -0.2) is 26.5 Å². The lowest BCUT2D eigenvalue weighted by atomic mass is 10.3. The minimum atomic E-state index is -0.525. The summed E-state index contributed by atoms with van der Waals surface area (Å²) in [5.74, 6) is -0.386. The van der Waals surface area contributed by atoms with Crippen molar-refractivity contribution < 1.29 is 19.1 Å². The lowest BCUT2D eigenvalue weighted by Crippen LogP contribution is -2.06. The maximum atomic E-state index is 10.8. The molecule has 0 amide bonds. The van der Waals surface area contributed by atoms with Gasteiger partial charge in [-0.05, 0) is 12.5 Å². The van der Waals surface area contributed by atoms with Gasteiger partial charge in [-0.1, -0.05) is 0 Å². The molecule has 4 nitrogen and oxygen atoms in total. The van der Waals surface area contributed by atoms with Gasteiger partial charge in [-0.2, -0.15) is 0 Å². The zero-order chi connectivity index (χ0) is 9.40. The molecular weight excluding hydrogens is 160 g/mol. The topological polar surface area (TPSA) is 52.6 Å². The van der Waals surface area contributed by atoms with Crippen LogP contribution in [0.1, 0.15) is 12.8 Å². The predicted molar refractivity (Wildman–Crippen MR) is 42.4 cm³/mol. The first-order valence-electron chi connectivity index (χ1n) is 3.52. The Bertz CT molecular complexity index is 183. The molecule has 0 bridgehead atoms. The van der Waals surface area contributed by atoms with E-state index in [-0.39, 0.29) is 5.76 Å². The first kappa shape index (κ1) is 10.7. The number of unbranched alkanes of at least 4 members (excludes halogenated alkanes) is 1. The van der Waals surface area contributed by atoms with Gasteiger partial charge in [-0.3, -0.25) is 0 Å². The summed E-state index contributed by atoms with van der Waals surface area (Å²) >= 11 is 0. The normalized spacial score (nSPS) is 10.7. The zero-order valence-corrected chi connectivity index (χ0v) is 7.20. The Hall–Kier alpha value is -1.32. The Kier molecular flexibility index (Phi) is 5.69. The van der Waals surface area contributed by atoms with E-state index in [2.05, 4.69) is 4.74 Å². The van der Waals surface area contributed by atoms with Crippen molar-refractivity contribution in [3.63, 3.8) is 0 Å². The third-order valence-corrected chi connectivity index (χ3v) is 1.22. The van der Waals surface area contributed by atoms with E-state index in [9.17, 15) is 9.59 Å². The third-order valence-electron chi connectivity index (χ3n) is 1.22. The van der Waals surface area contributed by atoms with Gasteiger partial charge in [0, 0.05) is 6.42 Å². The molecule has 0 aliphatic carbocycles. The number of rotatable bonds is 5. The number of hydrogen-bond acceptors (Lipinski definition) is 4. The van der Waals surface area contributed by atoms with Crippen molar-refractivity contribution in [3.05, 3.63) is 11.8 Å². The number of allylic oxidation sites excluding steroid dienone is 1. The SMILES string of the molecule is COC(=O)/C(=C\CCC=O)OC. The van der Waals surface area contributed by atoms with Crippen molar-refractivity contribution in [1.82, 2.24) is 0 Å². The molecular formula is C8H12O4. The second-order valence-electron chi connectivity index (χ2n) is 2.01. The van der Waals surface area contributed by atoms with Crippen LogP contribution in [0.25, 0.3) is 0 Å². The number of methoxy groups -OCH3 is 2. The van der Waals surface area contributed by atoms with Gasteiger partial charge in [0.15, 0.2) is 5.76 Å². The molecule has 0 saturated carbocycles. The van der Waals surface area contributed by atoms with Crippen LogP contribution in [0.3, 0.4) is 0 Å². The van der Waals surface area contributed by atoms with Gasteiger partial charge in [-0.25, -0.2) is 4.79 Å². The van der Waals surface area contributed by atoms with Crippen molar-refractivity contribution in [2.24, 2.45) is 0 Å². The van der Waals surface area contributed by atoms with Crippen molar-refractivity contribution in [2.45, 2.75) is 12.8 Å². The highest BCUT2D eigenvalue weighted by Crippen LogP contribution is 2.01. The highest BCUT2D eigenvalue weighted by atomic mass is 16.6. The lowest BCUT2D eigenvalue weighted by Gasteiger charge is -2.01. The van der Waals surface area contributed by atoms with Crippen LogP contribution < -0.4 is 0 Å². The van der Waals surface area contributed by atoms with Crippen molar-refractivity contribution in [2.75, 3.05) is 14.2 Å². The van der Waals surface area contributed by atoms with Gasteiger partial charge in [-0.15, -0.1) is 0 Å². The van der Waals surface area contributed by atoms with E-state index in [1.165, 1.54) is 20.3 Å². The molecule has 4 heteroatoms. The lowest BCUT2D eigenvalue weighted by molar-refractivity contribution is -0.139. The second kappa shape index (κ2) is 6.39. The average molecular weight is 172 g/mol. The van der Waals surface area contributed by atoms with E-state index in [0.29, 0.717) is 12.8 Å². The molecule has 68 valence electrons. The molecule has 0 radical (unpaired) electrons. The van der Waals surface area contributed by atoms with E-state index in [1.54, 1.807) is 0 Å². The van der Waals surface area contributed by atoms with Crippen molar-refractivity contribution in [3.8, 4) is 0 Å². The van der Waals surface area contributed by atoms with E-state index in [0.717, 1.165) is 6.29 Å². The molecule has 0 N–H and O–H groups in total. The number of carbonyl (C=O) groups is 2. The van der Waals surface area contributed by atoms with E-state index >= 15 is 0 Å². The smallest absolute Gasteiger partial charge is 0.372 e. The average Bonchev–Trinajstić information content (AvgIpc) is 2.11. The highest BCUT2D eigenvalue weighted by Gasteiger charge is 2.07. The molecule has 0 atom stereocenters. The standard InChI is InChI=1S/C8H12O4/c1-11-7(8(10)12-2)5-3-4-6-9/h5-6H,3-4H2,1-2H3/b7-5+. The maximum Gasteiger partial charge on any atom is 0.372 e. The number of carbonyl (C=O) groups excluding carboxylic acids is 2. The fourth-order valence-corrected chi connectivity index (χ4v) is 0.633. The molecule has 0 aliphatic heterocycles. The molecule has 0 fully saturated rings. The quantitative estimate of drug-likeness (QED) is 0.201. The summed E-state index contributed by atoms with van der Waals surface area (Å²) in [5, 5.41) is 0. The Morgan fingerprint density at radius 2 is 1.92 bits per heavy atom. The van der Waals surface area contributed by atoms with Gasteiger partial charge >= 0.3 is 5.97 Å². The second-order valence-corrected chi connectivity index (χ2v) is 2.01. The number of ether oxygens (including phenoxy) is 2. The minimum Gasteiger partial charge on any atom is -0.490 e. The summed E-state index contributed by atoms with van der Waals surface area (Å²) in [6, 6.07) is 0. The number of esters is 1. The van der Waals surface area contributed by atoms with Crippen molar-refractivity contribution >= 4 is 12.3 Å². The number of aldehydes is 1. The molecule has 0 aromatic heterocycles. The largest absolute Gasteiger partial charge is 0.490 e. The van der Waals surface area contributed by atoms with Crippen LogP contribution >= 0.6 is 0 Å². The molecule has 0 unspecified atom stereocenters. The van der Waals surface area contributed by atoms with Crippen molar-refractivity contribution in [1.29, 1.82) is 0 Å².